The zero-order valence-corrected chi connectivity index (χ0v) is 10.1. The molecule has 0 bridgehead atoms. The average Bonchev–Trinajstić information content (AvgIpc) is 2.35. The van der Waals surface area contributed by atoms with Gasteiger partial charge in [0.05, 0.1) is 6.04 Å². The van der Waals surface area contributed by atoms with Gasteiger partial charge in [-0.25, -0.2) is 4.79 Å². The highest BCUT2D eigenvalue weighted by Gasteiger charge is 2.25. The fraction of sp³-hybridized carbons (Fsp3) is 0.818. The minimum Gasteiger partial charge on any atom is -0.480 e. The van der Waals surface area contributed by atoms with Crippen molar-refractivity contribution in [2.75, 3.05) is 20.3 Å². The van der Waals surface area contributed by atoms with Gasteiger partial charge in [0.2, 0.25) is 5.91 Å². The number of carbonyl (C=O) groups is 2. The third-order valence-electron chi connectivity index (χ3n) is 2.85. The third kappa shape index (κ3) is 4.70. The number of methoxy groups -OCH3 is 1. The summed E-state index contributed by atoms with van der Waals surface area (Å²) in [6.45, 7) is 1.13. The molecule has 1 unspecified atom stereocenters. The van der Waals surface area contributed by atoms with Crippen molar-refractivity contribution in [2.24, 2.45) is 0 Å². The SMILES string of the molecule is COCCC(NC(=O)[C@H]1CCCCN1)C(=O)O. The van der Waals surface area contributed by atoms with Gasteiger partial charge in [-0.3, -0.25) is 4.79 Å². The van der Waals surface area contributed by atoms with E-state index in [1.54, 1.807) is 0 Å². The normalized spacial score (nSPS) is 21.8. The van der Waals surface area contributed by atoms with Gasteiger partial charge >= 0.3 is 5.97 Å². The molecule has 0 radical (unpaired) electrons. The number of piperidine rings is 1. The van der Waals surface area contributed by atoms with Gasteiger partial charge in [0.15, 0.2) is 0 Å². The molecular formula is C11H20N2O4. The van der Waals surface area contributed by atoms with Crippen LogP contribution in [-0.2, 0) is 14.3 Å². The van der Waals surface area contributed by atoms with Gasteiger partial charge in [-0.2, -0.15) is 0 Å². The van der Waals surface area contributed by atoms with E-state index < -0.39 is 12.0 Å². The summed E-state index contributed by atoms with van der Waals surface area (Å²) in [5.74, 6) is -1.25. The standard InChI is InChI=1S/C11H20N2O4/c1-17-7-5-9(11(15)16)13-10(14)8-4-2-3-6-12-8/h8-9,12H,2-7H2,1H3,(H,13,14)(H,15,16)/t8-,9?/m1/s1. The number of hydrogen-bond acceptors (Lipinski definition) is 4. The number of ether oxygens (including phenoxy) is 1. The summed E-state index contributed by atoms with van der Waals surface area (Å²) >= 11 is 0. The lowest BCUT2D eigenvalue weighted by atomic mass is 10.0. The zero-order chi connectivity index (χ0) is 12.7. The van der Waals surface area contributed by atoms with Crippen LogP contribution in [0.3, 0.4) is 0 Å². The minimum absolute atomic E-state index is 0.229. The van der Waals surface area contributed by atoms with Crippen LogP contribution in [0.4, 0.5) is 0 Å². The number of carbonyl (C=O) groups excluding carboxylic acids is 1. The minimum atomic E-state index is -1.02. The Bertz CT molecular complexity index is 264. The Balaban J connectivity index is 2.42. The highest BCUT2D eigenvalue weighted by atomic mass is 16.5. The Labute approximate surface area is 101 Å². The van der Waals surface area contributed by atoms with Crippen molar-refractivity contribution in [1.82, 2.24) is 10.6 Å². The van der Waals surface area contributed by atoms with Crippen molar-refractivity contribution in [3.63, 3.8) is 0 Å². The van der Waals surface area contributed by atoms with Crippen LogP contribution in [0, 0.1) is 0 Å². The first-order valence-corrected chi connectivity index (χ1v) is 5.90. The lowest BCUT2D eigenvalue weighted by molar-refractivity contribution is -0.142. The van der Waals surface area contributed by atoms with E-state index in [0.29, 0.717) is 6.61 Å². The van der Waals surface area contributed by atoms with Crippen LogP contribution < -0.4 is 10.6 Å². The predicted molar refractivity (Wildman–Crippen MR) is 61.7 cm³/mol. The maximum Gasteiger partial charge on any atom is 0.326 e. The van der Waals surface area contributed by atoms with Gasteiger partial charge in [0.1, 0.15) is 6.04 Å². The first-order chi connectivity index (χ1) is 8.15. The number of hydrogen-bond donors (Lipinski definition) is 3. The van der Waals surface area contributed by atoms with Crippen LogP contribution in [0.2, 0.25) is 0 Å². The molecule has 0 saturated carbocycles. The summed E-state index contributed by atoms with van der Waals surface area (Å²) in [5.41, 5.74) is 0. The van der Waals surface area contributed by atoms with Gasteiger partial charge in [-0.1, -0.05) is 6.42 Å². The van der Waals surface area contributed by atoms with Crippen molar-refractivity contribution < 1.29 is 19.4 Å². The molecule has 0 aromatic rings. The van der Waals surface area contributed by atoms with E-state index in [9.17, 15) is 9.59 Å². The Kier molecular flexibility index (Phi) is 5.93. The van der Waals surface area contributed by atoms with Gasteiger partial charge in [-0.15, -0.1) is 0 Å². The smallest absolute Gasteiger partial charge is 0.326 e. The van der Waals surface area contributed by atoms with E-state index in [0.717, 1.165) is 25.8 Å². The third-order valence-corrected chi connectivity index (χ3v) is 2.85. The molecule has 0 aliphatic carbocycles. The molecule has 1 saturated heterocycles. The first kappa shape index (κ1) is 13.9. The quantitative estimate of drug-likeness (QED) is 0.599. The van der Waals surface area contributed by atoms with E-state index in [-0.39, 0.29) is 18.4 Å². The Morgan fingerprint density at radius 3 is 2.82 bits per heavy atom. The van der Waals surface area contributed by atoms with Crippen LogP contribution in [0.25, 0.3) is 0 Å². The fourth-order valence-electron chi connectivity index (χ4n) is 1.84. The number of aliphatic carboxylic acids is 1. The Morgan fingerprint density at radius 2 is 2.29 bits per heavy atom. The molecule has 1 heterocycles. The molecular weight excluding hydrogens is 224 g/mol. The van der Waals surface area contributed by atoms with Gasteiger partial charge in [0, 0.05) is 20.1 Å². The van der Waals surface area contributed by atoms with Gasteiger partial charge < -0.3 is 20.5 Å². The van der Waals surface area contributed by atoms with E-state index in [1.165, 1.54) is 7.11 Å². The second kappa shape index (κ2) is 7.24. The molecule has 6 heteroatoms. The molecule has 3 N–H and O–H groups in total. The fourth-order valence-corrected chi connectivity index (χ4v) is 1.84. The maximum atomic E-state index is 11.8. The van der Waals surface area contributed by atoms with Crippen molar-refractivity contribution in [2.45, 2.75) is 37.8 Å². The largest absolute Gasteiger partial charge is 0.480 e. The molecule has 2 atom stereocenters. The van der Waals surface area contributed by atoms with Crippen molar-refractivity contribution in [3.05, 3.63) is 0 Å². The second-order valence-electron chi connectivity index (χ2n) is 4.18. The molecule has 0 aromatic heterocycles. The highest BCUT2D eigenvalue weighted by molar-refractivity contribution is 5.86. The Hall–Kier alpha value is -1.14. The molecule has 1 aliphatic rings. The topological polar surface area (TPSA) is 87.7 Å². The molecule has 1 rings (SSSR count). The van der Waals surface area contributed by atoms with Gasteiger partial charge in [-0.05, 0) is 19.4 Å². The number of carboxylic acids is 1. The first-order valence-electron chi connectivity index (χ1n) is 5.90. The number of amides is 1. The van der Waals surface area contributed by atoms with Crippen LogP contribution in [0.5, 0.6) is 0 Å². The number of rotatable bonds is 6. The molecule has 98 valence electrons. The highest BCUT2D eigenvalue weighted by Crippen LogP contribution is 2.07. The molecule has 1 fully saturated rings. The van der Waals surface area contributed by atoms with Crippen molar-refractivity contribution in [3.8, 4) is 0 Å². The molecule has 1 aliphatic heterocycles. The van der Waals surface area contributed by atoms with E-state index in [4.69, 9.17) is 9.84 Å². The molecule has 6 nitrogen and oxygen atoms in total. The predicted octanol–water partition coefficient (Wildman–Crippen LogP) is -0.266. The lowest BCUT2D eigenvalue weighted by Crippen LogP contribution is -2.51. The maximum absolute atomic E-state index is 11.8. The Morgan fingerprint density at radius 1 is 1.53 bits per heavy atom. The van der Waals surface area contributed by atoms with Crippen molar-refractivity contribution >= 4 is 11.9 Å². The summed E-state index contributed by atoms with van der Waals surface area (Å²) in [4.78, 5) is 22.7. The summed E-state index contributed by atoms with van der Waals surface area (Å²) < 4.78 is 4.82. The van der Waals surface area contributed by atoms with E-state index in [1.807, 2.05) is 0 Å². The van der Waals surface area contributed by atoms with Crippen LogP contribution in [0.15, 0.2) is 0 Å². The molecule has 0 aromatic carbocycles. The van der Waals surface area contributed by atoms with Crippen LogP contribution in [0.1, 0.15) is 25.7 Å². The zero-order valence-electron chi connectivity index (χ0n) is 10.1. The van der Waals surface area contributed by atoms with Crippen molar-refractivity contribution in [1.29, 1.82) is 0 Å². The molecule has 0 spiro atoms. The summed E-state index contributed by atoms with van der Waals surface area (Å²) in [6, 6.07) is -1.13. The summed E-state index contributed by atoms with van der Waals surface area (Å²) in [7, 11) is 1.50. The van der Waals surface area contributed by atoms with E-state index in [2.05, 4.69) is 10.6 Å². The molecule has 1 amide bonds. The average molecular weight is 244 g/mol. The summed E-state index contributed by atoms with van der Waals surface area (Å²) in [5, 5.41) is 14.6. The monoisotopic (exact) mass is 244 g/mol. The van der Waals surface area contributed by atoms with E-state index >= 15 is 0 Å². The lowest BCUT2D eigenvalue weighted by Gasteiger charge is -2.24. The summed E-state index contributed by atoms with van der Waals surface area (Å²) in [6.07, 6.45) is 3.11. The van der Waals surface area contributed by atoms with Crippen LogP contribution in [-0.4, -0.2) is 49.3 Å². The molecule has 17 heavy (non-hydrogen) atoms. The second-order valence-corrected chi connectivity index (χ2v) is 4.18. The van der Waals surface area contributed by atoms with Crippen LogP contribution >= 0.6 is 0 Å². The number of nitrogens with one attached hydrogen (secondary N) is 2. The van der Waals surface area contributed by atoms with Gasteiger partial charge in [0.25, 0.3) is 0 Å². The number of carboxylic acid groups (broad SMARTS) is 1.